The maximum atomic E-state index is 12.3. The van der Waals surface area contributed by atoms with Crippen LogP contribution in [0.15, 0.2) is 0 Å². The zero-order valence-corrected chi connectivity index (χ0v) is 11.4. The van der Waals surface area contributed by atoms with Crippen LogP contribution in [0, 0.1) is 11.8 Å². The van der Waals surface area contributed by atoms with E-state index in [0.717, 1.165) is 25.3 Å². The predicted molar refractivity (Wildman–Crippen MR) is 70.0 cm³/mol. The molecule has 1 aliphatic carbocycles. The fourth-order valence-electron chi connectivity index (χ4n) is 3.19. The van der Waals surface area contributed by atoms with Crippen molar-refractivity contribution in [3.05, 3.63) is 0 Å². The Balaban J connectivity index is 1.78. The summed E-state index contributed by atoms with van der Waals surface area (Å²) in [5, 5.41) is 3.03. The maximum absolute atomic E-state index is 12.3. The number of hydrogen-bond donors (Lipinski definition) is 1. The van der Waals surface area contributed by atoms with Crippen LogP contribution in [-0.4, -0.2) is 43.5 Å². The zero-order chi connectivity index (χ0) is 13.0. The zero-order valence-electron chi connectivity index (χ0n) is 11.4. The molecule has 2 fully saturated rings. The van der Waals surface area contributed by atoms with Crippen LogP contribution in [0.1, 0.15) is 39.0 Å². The highest BCUT2D eigenvalue weighted by molar-refractivity contribution is 4.85. The lowest BCUT2D eigenvalue weighted by Gasteiger charge is -2.41. The lowest BCUT2D eigenvalue weighted by atomic mass is 9.83. The molecule has 0 spiro atoms. The highest BCUT2D eigenvalue weighted by atomic mass is 19.3. The van der Waals surface area contributed by atoms with Gasteiger partial charge in [0.1, 0.15) is 0 Å². The van der Waals surface area contributed by atoms with E-state index in [4.69, 9.17) is 0 Å². The Bertz CT molecular complexity index is 242. The Labute approximate surface area is 109 Å². The van der Waals surface area contributed by atoms with E-state index in [1.165, 1.54) is 32.4 Å². The monoisotopic (exact) mass is 260 g/mol. The van der Waals surface area contributed by atoms with Crippen LogP contribution in [0.3, 0.4) is 0 Å². The molecule has 2 unspecified atom stereocenters. The molecule has 1 saturated carbocycles. The second kappa shape index (κ2) is 6.80. The van der Waals surface area contributed by atoms with E-state index in [9.17, 15) is 8.78 Å². The first-order chi connectivity index (χ1) is 8.67. The minimum Gasteiger partial charge on any atom is -0.307 e. The van der Waals surface area contributed by atoms with Gasteiger partial charge in [-0.3, -0.25) is 0 Å². The summed E-state index contributed by atoms with van der Waals surface area (Å²) in [7, 11) is 0. The number of piperidine rings is 1. The minimum absolute atomic E-state index is 0.154. The first kappa shape index (κ1) is 14.2. The molecule has 0 amide bonds. The largest absolute Gasteiger partial charge is 0.307 e. The predicted octanol–water partition coefficient (Wildman–Crippen LogP) is 2.74. The van der Waals surface area contributed by atoms with Crippen LogP contribution in [0.5, 0.6) is 0 Å². The number of halogens is 2. The first-order valence-electron chi connectivity index (χ1n) is 7.41. The summed E-state index contributed by atoms with van der Waals surface area (Å²) >= 11 is 0. The molecule has 1 aliphatic heterocycles. The number of likely N-dealkylation sites (tertiary alicyclic amines) is 1. The molecule has 4 heteroatoms. The molecule has 0 aromatic rings. The number of hydrogen-bond acceptors (Lipinski definition) is 2. The van der Waals surface area contributed by atoms with Gasteiger partial charge in [0.15, 0.2) is 0 Å². The van der Waals surface area contributed by atoms with Gasteiger partial charge in [-0.2, -0.15) is 0 Å². The number of nitrogens with one attached hydrogen (secondary N) is 1. The van der Waals surface area contributed by atoms with Gasteiger partial charge in [-0.1, -0.05) is 19.8 Å². The Morgan fingerprint density at radius 1 is 1.22 bits per heavy atom. The Morgan fingerprint density at radius 3 is 2.56 bits per heavy atom. The van der Waals surface area contributed by atoms with Gasteiger partial charge < -0.3 is 10.2 Å². The molecule has 0 bridgehead atoms. The molecule has 0 radical (unpaired) electrons. The van der Waals surface area contributed by atoms with Crippen molar-refractivity contribution in [2.24, 2.45) is 11.8 Å². The fourth-order valence-corrected chi connectivity index (χ4v) is 3.19. The second-order valence-corrected chi connectivity index (χ2v) is 6.02. The van der Waals surface area contributed by atoms with Gasteiger partial charge in [-0.25, -0.2) is 8.78 Å². The van der Waals surface area contributed by atoms with Crippen LogP contribution >= 0.6 is 0 Å². The normalized spacial score (nSPS) is 30.7. The molecule has 2 nitrogen and oxygen atoms in total. The molecule has 106 valence electrons. The molecule has 0 aromatic carbocycles. The van der Waals surface area contributed by atoms with Crippen molar-refractivity contribution in [3.8, 4) is 0 Å². The van der Waals surface area contributed by atoms with Gasteiger partial charge in [0.05, 0.1) is 6.54 Å². The summed E-state index contributed by atoms with van der Waals surface area (Å²) in [6.07, 6.45) is 4.10. The van der Waals surface area contributed by atoms with E-state index in [2.05, 4.69) is 17.1 Å². The number of alkyl halides is 2. The van der Waals surface area contributed by atoms with E-state index >= 15 is 0 Å². The summed E-state index contributed by atoms with van der Waals surface area (Å²) in [6, 6.07) is 0.262. The molecule has 2 aliphatic rings. The lowest BCUT2D eigenvalue weighted by molar-refractivity contribution is 0.0866. The van der Waals surface area contributed by atoms with Crippen molar-refractivity contribution in [1.29, 1.82) is 0 Å². The maximum Gasteiger partial charge on any atom is 0.250 e. The van der Waals surface area contributed by atoms with Gasteiger partial charge in [0, 0.05) is 25.7 Å². The van der Waals surface area contributed by atoms with Crippen molar-refractivity contribution in [2.75, 3.05) is 26.2 Å². The van der Waals surface area contributed by atoms with E-state index < -0.39 is 6.43 Å². The van der Waals surface area contributed by atoms with Crippen molar-refractivity contribution >= 4 is 0 Å². The Kier molecular flexibility index (Phi) is 5.37. The highest BCUT2D eigenvalue weighted by Gasteiger charge is 2.29. The Morgan fingerprint density at radius 2 is 2.00 bits per heavy atom. The average molecular weight is 260 g/mol. The second-order valence-electron chi connectivity index (χ2n) is 6.02. The summed E-state index contributed by atoms with van der Waals surface area (Å²) in [5.41, 5.74) is 0. The number of nitrogens with zero attached hydrogens (tertiary/aromatic N) is 1. The third kappa shape index (κ3) is 4.16. The molecule has 18 heavy (non-hydrogen) atoms. The van der Waals surface area contributed by atoms with Crippen LogP contribution in [0.25, 0.3) is 0 Å². The van der Waals surface area contributed by atoms with Crippen molar-refractivity contribution < 1.29 is 8.78 Å². The fraction of sp³-hybridized carbons (Fsp3) is 1.00. The van der Waals surface area contributed by atoms with E-state index in [1.54, 1.807) is 0 Å². The summed E-state index contributed by atoms with van der Waals surface area (Å²) < 4.78 is 24.5. The topological polar surface area (TPSA) is 15.3 Å². The van der Waals surface area contributed by atoms with Gasteiger partial charge >= 0.3 is 0 Å². The summed E-state index contributed by atoms with van der Waals surface area (Å²) in [4.78, 5) is 2.50. The van der Waals surface area contributed by atoms with Crippen molar-refractivity contribution in [2.45, 2.75) is 51.5 Å². The number of rotatable bonds is 6. The van der Waals surface area contributed by atoms with Crippen LogP contribution in [0.2, 0.25) is 0 Å². The van der Waals surface area contributed by atoms with Crippen LogP contribution < -0.4 is 5.32 Å². The summed E-state index contributed by atoms with van der Waals surface area (Å²) in [6.45, 7) is 5.36. The molecule has 0 aromatic heterocycles. The van der Waals surface area contributed by atoms with Crippen molar-refractivity contribution in [3.63, 3.8) is 0 Å². The third-order valence-electron chi connectivity index (χ3n) is 4.49. The molecule has 2 atom stereocenters. The Hall–Kier alpha value is -0.220. The SMILES string of the molecule is CCC1CC(NCC(F)F)CN(CC2CCC2)C1. The van der Waals surface area contributed by atoms with E-state index in [1.807, 2.05) is 0 Å². The van der Waals surface area contributed by atoms with Crippen LogP contribution in [0.4, 0.5) is 8.78 Å². The standard InChI is InChI=1S/C14H26F2N2/c1-2-11-6-13(17-7-14(15)16)10-18(8-11)9-12-4-3-5-12/h11-14,17H,2-10H2,1H3. The van der Waals surface area contributed by atoms with E-state index in [-0.39, 0.29) is 12.6 Å². The smallest absolute Gasteiger partial charge is 0.250 e. The molecular formula is C14H26F2N2. The van der Waals surface area contributed by atoms with Gasteiger partial charge in [0.2, 0.25) is 0 Å². The van der Waals surface area contributed by atoms with Crippen molar-refractivity contribution in [1.82, 2.24) is 10.2 Å². The minimum atomic E-state index is -2.23. The molecule has 1 heterocycles. The van der Waals surface area contributed by atoms with Gasteiger partial charge in [-0.15, -0.1) is 0 Å². The van der Waals surface area contributed by atoms with E-state index in [0.29, 0.717) is 5.92 Å². The molecule has 1 saturated heterocycles. The molecular weight excluding hydrogens is 234 g/mol. The average Bonchev–Trinajstić information content (AvgIpc) is 2.31. The first-order valence-corrected chi connectivity index (χ1v) is 7.41. The van der Waals surface area contributed by atoms with Crippen LogP contribution in [-0.2, 0) is 0 Å². The summed E-state index contributed by atoms with van der Waals surface area (Å²) in [5.74, 6) is 1.55. The quantitative estimate of drug-likeness (QED) is 0.790. The molecule has 1 N–H and O–H groups in total. The molecule has 2 rings (SSSR count). The van der Waals surface area contributed by atoms with Gasteiger partial charge in [-0.05, 0) is 31.1 Å². The highest BCUT2D eigenvalue weighted by Crippen LogP contribution is 2.29. The third-order valence-corrected chi connectivity index (χ3v) is 4.49. The lowest BCUT2D eigenvalue weighted by Crippen LogP contribution is -2.51. The van der Waals surface area contributed by atoms with Gasteiger partial charge in [0.25, 0.3) is 6.43 Å².